The zero-order chi connectivity index (χ0) is 12.4. The Labute approximate surface area is 96.1 Å². The minimum atomic E-state index is -0.839. The average Bonchev–Trinajstić information content (AvgIpc) is 2.24. The third-order valence-electron chi connectivity index (χ3n) is 2.09. The number of allylic oxidation sites excluding steroid dienone is 1. The average molecular weight is 228 g/mol. The third-order valence-corrected chi connectivity index (χ3v) is 2.09. The normalized spacial score (nSPS) is 9.56. The van der Waals surface area contributed by atoms with Crippen LogP contribution in [-0.2, 0) is 4.79 Å². The van der Waals surface area contributed by atoms with Crippen LogP contribution >= 0.6 is 0 Å². The number of hydrogen-bond acceptors (Lipinski definition) is 2. The van der Waals surface area contributed by atoms with Crippen molar-refractivity contribution >= 4 is 12.0 Å². The van der Waals surface area contributed by atoms with E-state index in [4.69, 9.17) is 5.11 Å². The smallest absolute Gasteiger partial charge is 0.317 e. The van der Waals surface area contributed by atoms with E-state index in [-0.39, 0.29) is 12.5 Å². The molecule has 2 N–H and O–H groups in total. The van der Waals surface area contributed by atoms with Crippen LogP contribution in [0.3, 0.4) is 0 Å². The van der Waals surface area contributed by atoms with Crippen LogP contribution in [0.5, 0.6) is 0 Å². The second-order valence-corrected chi connectivity index (χ2v) is 3.58. The van der Waals surface area contributed by atoms with Gasteiger partial charge in [-0.1, -0.05) is 6.08 Å². The number of aliphatic carboxylic acids is 1. The highest BCUT2D eigenvalue weighted by Gasteiger charge is 2.06. The second kappa shape index (κ2) is 8.76. The molecule has 0 radical (unpaired) electrons. The number of nitrogens with zero attached hydrogens (tertiary/aromatic N) is 1. The number of amides is 2. The summed E-state index contributed by atoms with van der Waals surface area (Å²) in [5, 5.41) is 11.1. The van der Waals surface area contributed by atoms with Gasteiger partial charge in [0, 0.05) is 26.6 Å². The maximum atomic E-state index is 11.4. The maximum absolute atomic E-state index is 11.4. The van der Waals surface area contributed by atoms with E-state index in [1.54, 1.807) is 11.9 Å². The Morgan fingerprint density at radius 3 is 2.69 bits per heavy atom. The number of carbonyl (C=O) groups excluding carboxylic acids is 1. The molecule has 2 amide bonds. The van der Waals surface area contributed by atoms with Crippen molar-refractivity contribution in [1.29, 1.82) is 0 Å². The first kappa shape index (κ1) is 14.5. The lowest BCUT2D eigenvalue weighted by Gasteiger charge is -2.17. The van der Waals surface area contributed by atoms with Crippen LogP contribution in [0, 0.1) is 0 Å². The summed E-state index contributed by atoms with van der Waals surface area (Å²) in [5.41, 5.74) is 0. The van der Waals surface area contributed by atoms with E-state index in [1.807, 2.05) is 6.08 Å². The Morgan fingerprint density at radius 1 is 1.44 bits per heavy atom. The van der Waals surface area contributed by atoms with Crippen LogP contribution in [0.4, 0.5) is 4.79 Å². The number of nitrogens with one attached hydrogen (secondary N) is 1. The van der Waals surface area contributed by atoms with Crippen molar-refractivity contribution in [3.8, 4) is 0 Å². The maximum Gasteiger partial charge on any atom is 0.317 e. The molecule has 5 nitrogen and oxygen atoms in total. The Balaban J connectivity index is 3.54. The Morgan fingerprint density at radius 2 is 2.12 bits per heavy atom. The molecule has 0 spiro atoms. The molecule has 0 aliphatic heterocycles. The molecule has 0 bridgehead atoms. The van der Waals surface area contributed by atoms with E-state index >= 15 is 0 Å². The fourth-order valence-corrected chi connectivity index (χ4v) is 1.14. The molecule has 0 aromatic rings. The lowest BCUT2D eigenvalue weighted by atomic mass is 10.3. The number of carboxylic acid groups (broad SMARTS) is 1. The monoisotopic (exact) mass is 228 g/mol. The predicted molar refractivity (Wildman–Crippen MR) is 62.3 cm³/mol. The molecular formula is C11H20N2O3. The van der Waals surface area contributed by atoms with Gasteiger partial charge in [-0.15, -0.1) is 6.58 Å². The van der Waals surface area contributed by atoms with E-state index < -0.39 is 5.97 Å². The lowest BCUT2D eigenvalue weighted by Crippen LogP contribution is -2.38. The molecule has 0 saturated heterocycles. The molecule has 0 atom stereocenters. The zero-order valence-corrected chi connectivity index (χ0v) is 9.74. The molecule has 0 saturated carbocycles. The molecule has 0 aromatic heterocycles. The van der Waals surface area contributed by atoms with Crippen LogP contribution in [0.15, 0.2) is 12.7 Å². The van der Waals surface area contributed by atoms with Crippen molar-refractivity contribution in [3.63, 3.8) is 0 Å². The molecule has 0 unspecified atom stereocenters. The Bertz CT molecular complexity index is 241. The van der Waals surface area contributed by atoms with Crippen molar-refractivity contribution in [2.75, 3.05) is 20.1 Å². The summed E-state index contributed by atoms with van der Waals surface area (Å²) in [4.78, 5) is 23.2. The molecule has 5 heteroatoms. The first-order valence-electron chi connectivity index (χ1n) is 5.39. The summed E-state index contributed by atoms with van der Waals surface area (Å²) in [7, 11) is 1.72. The molecule has 0 aromatic carbocycles. The highest BCUT2D eigenvalue weighted by Crippen LogP contribution is 1.94. The van der Waals surface area contributed by atoms with Crippen LogP contribution in [0.1, 0.15) is 25.7 Å². The van der Waals surface area contributed by atoms with E-state index in [9.17, 15) is 9.59 Å². The Kier molecular flexibility index (Phi) is 7.93. The summed E-state index contributed by atoms with van der Waals surface area (Å²) in [5.74, 6) is -0.839. The van der Waals surface area contributed by atoms with Gasteiger partial charge in [-0.05, 0) is 19.3 Å². The Hall–Kier alpha value is -1.52. The van der Waals surface area contributed by atoms with Gasteiger partial charge in [0.1, 0.15) is 0 Å². The molecular weight excluding hydrogens is 208 g/mol. The molecule has 92 valence electrons. The van der Waals surface area contributed by atoms with Gasteiger partial charge in [0.2, 0.25) is 0 Å². The number of urea groups is 1. The molecule has 0 aliphatic rings. The van der Waals surface area contributed by atoms with Gasteiger partial charge in [-0.2, -0.15) is 0 Å². The van der Waals surface area contributed by atoms with Crippen LogP contribution in [0.25, 0.3) is 0 Å². The SMILES string of the molecule is C=CCCCN(C)C(=O)NCCCC(=O)O. The van der Waals surface area contributed by atoms with Crippen molar-refractivity contribution in [2.24, 2.45) is 0 Å². The second-order valence-electron chi connectivity index (χ2n) is 3.58. The van der Waals surface area contributed by atoms with Crippen molar-refractivity contribution in [2.45, 2.75) is 25.7 Å². The summed E-state index contributed by atoms with van der Waals surface area (Å²) >= 11 is 0. The van der Waals surface area contributed by atoms with Gasteiger partial charge in [0.05, 0.1) is 0 Å². The highest BCUT2D eigenvalue weighted by molar-refractivity contribution is 5.73. The minimum absolute atomic E-state index is 0.0838. The van der Waals surface area contributed by atoms with E-state index in [0.29, 0.717) is 19.5 Å². The van der Waals surface area contributed by atoms with Gasteiger partial charge in [0.25, 0.3) is 0 Å². The van der Waals surface area contributed by atoms with Crippen LogP contribution in [-0.4, -0.2) is 42.1 Å². The third kappa shape index (κ3) is 7.84. The number of rotatable bonds is 8. The van der Waals surface area contributed by atoms with Gasteiger partial charge in [0.15, 0.2) is 0 Å². The summed E-state index contributed by atoms with van der Waals surface area (Å²) in [6.45, 7) is 4.68. The van der Waals surface area contributed by atoms with Crippen LogP contribution in [0.2, 0.25) is 0 Å². The van der Waals surface area contributed by atoms with Gasteiger partial charge in [-0.3, -0.25) is 4.79 Å². The van der Waals surface area contributed by atoms with Crippen LogP contribution < -0.4 is 5.32 Å². The predicted octanol–water partition coefficient (Wildman–Crippen LogP) is 1.46. The van der Waals surface area contributed by atoms with Crippen molar-refractivity contribution in [1.82, 2.24) is 10.2 Å². The molecule has 0 heterocycles. The summed E-state index contributed by atoms with van der Waals surface area (Å²) in [6.07, 6.45) is 4.14. The molecule has 16 heavy (non-hydrogen) atoms. The van der Waals surface area contributed by atoms with Gasteiger partial charge < -0.3 is 15.3 Å². The number of carbonyl (C=O) groups is 2. The standard InChI is InChI=1S/C11H20N2O3/c1-3-4-5-9-13(2)11(16)12-8-6-7-10(14)15/h3H,1,4-9H2,2H3,(H,12,16)(H,14,15). The van der Waals surface area contributed by atoms with E-state index in [2.05, 4.69) is 11.9 Å². The minimum Gasteiger partial charge on any atom is -0.481 e. The fraction of sp³-hybridized carbons (Fsp3) is 0.636. The van der Waals surface area contributed by atoms with E-state index in [0.717, 1.165) is 12.8 Å². The number of carboxylic acids is 1. The van der Waals surface area contributed by atoms with E-state index in [1.165, 1.54) is 0 Å². The molecule has 0 aliphatic carbocycles. The zero-order valence-electron chi connectivity index (χ0n) is 9.74. The van der Waals surface area contributed by atoms with Crippen molar-refractivity contribution < 1.29 is 14.7 Å². The fourth-order valence-electron chi connectivity index (χ4n) is 1.14. The number of unbranched alkanes of at least 4 members (excludes halogenated alkanes) is 1. The molecule has 0 rings (SSSR count). The largest absolute Gasteiger partial charge is 0.481 e. The molecule has 0 fully saturated rings. The lowest BCUT2D eigenvalue weighted by molar-refractivity contribution is -0.137. The first-order chi connectivity index (χ1) is 7.57. The van der Waals surface area contributed by atoms with Gasteiger partial charge in [-0.25, -0.2) is 4.79 Å². The summed E-state index contributed by atoms with van der Waals surface area (Å²) in [6, 6.07) is -0.158. The van der Waals surface area contributed by atoms with Crippen molar-refractivity contribution in [3.05, 3.63) is 12.7 Å². The van der Waals surface area contributed by atoms with Gasteiger partial charge >= 0.3 is 12.0 Å². The highest BCUT2D eigenvalue weighted by atomic mass is 16.4. The summed E-state index contributed by atoms with van der Waals surface area (Å²) < 4.78 is 0. The topological polar surface area (TPSA) is 69.6 Å². The first-order valence-corrected chi connectivity index (χ1v) is 5.39. The quantitative estimate of drug-likeness (QED) is 0.488. The number of hydrogen-bond donors (Lipinski definition) is 2.